The maximum atomic E-state index is 9.21. The minimum absolute atomic E-state index is 0.336. The molecule has 0 fully saturated rings. The van der Waals surface area contributed by atoms with Crippen LogP contribution in [0.4, 0.5) is 0 Å². The molecule has 1 heterocycles. The Labute approximate surface area is 112 Å². The predicted molar refractivity (Wildman–Crippen MR) is 77.0 cm³/mol. The Kier molecular flexibility index (Phi) is 4.79. The lowest BCUT2D eigenvalue weighted by Crippen LogP contribution is -2.25. The molecule has 0 aliphatic carbocycles. The number of benzene rings is 1. The Hall–Kier alpha value is -1.32. The van der Waals surface area contributed by atoms with Crippen LogP contribution in [0.15, 0.2) is 41.1 Å². The molecule has 1 unspecified atom stereocenters. The van der Waals surface area contributed by atoms with Crippen LogP contribution >= 0.6 is 11.3 Å². The smallest absolute Gasteiger partial charge is 0.115 e. The fourth-order valence-electron chi connectivity index (χ4n) is 1.83. The van der Waals surface area contributed by atoms with Crippen molar-refractivity contribution in [2.45, 2.75) is 32.4 Å². The average molecular weight is 261 g/mol. The van der Waals surface area contributed by atoms with Gasteiger partial charge in [-0.05, 0) is 59.9 Å². The average Bonchev–Trinajstić information content (AvgIpc) is 2.89. The van der Waals surface area contributed by atoms with E-state index in [1.807, 2.05) is 12.1 Å². The van der Waals surface area contributed by atoms with E-state index in [1.54, 1.807) is 23.5 Å². The number of hydrogen-bond acceptors (Lipinski definition) is 3. The summed E-state index contributed by atoms with van der Waals surface area (Å²) >= 11 is 1.74. The van der Waals surface area contributed by atoms with Crippen molar-refractivity contribution in [3.63, 3.8) is 0 Å². The third kappa shape index (κ3) is 4.17. The molecule has 1 atom stereocenters. The number of thiophene rings is 1. The van der Waals surface area contributed by atoms with Crippen molar-refractivity contribution >= 4 is 11.3 Å². The van der Waals surface area contributed by atoms with Gasteiger partial charge in [-0.2, -0.15) is 11.3 Å². The van der Waals surface area contributed by atoms with Crippen LogP contribution in [0.1, 0.15) is 24.5 Å². The molecule has 1 aromatic carbocycles. The minimum atomic E-state index is 0.336. The first-order chi connectivity index (χ1) is 8.74. The molecule has 3 heteroatoms. The summed E-state index contributed by atoms with van der Waals surface area (Å²) in [5, 5.41) is 17.0. The van der Waals surface area contributed by atoms with Gasteiger partial charge in [0, 0.05) is 12.6 Å². The topological polar surface area (TPSA) is 32.3 Å². The van der Waals surface area contributed by atoms with Gasteiger partial charge in [0.15, 0.2) is 0 Å². The van der Waals surface area contributed by atoms with Crippen molar-refractivity contribution in [2.24, 2.45) is 0 Å². The summed E-state index contributed by atoms with van der Waals surface area (Å²) in [5.74, 6) is 0.336. The lowest BCUT2D eigenvalue weighted by atomic mass is 10.1. The van der Waals surface area contributed by atoms with E-state index in [-0.39, 0.29) is 0 Å². The van der Waals surface area contributed by atoms with Gasteiger partial charge >= 0.3 is 0 Å². The first-order valence-corrected chi connectivity index (χ1v) is 7.20. The van der Waals surface area contributed by atoms with Crippen LogP contribution in [0.25, 0.3) is 0 Å². The molecule has 0 aliphatic rings. The number of phenols is 1. The van der Waals surface area contributed by atoms with Crippen molar-refractivity contribution in [3.8, 4) is 5.75 Å². The normalized spacial score (nSPS) is 12.5. The summed E-state index contributed by atoms with van der Waals surface area (Å²) in [6, 6.07) is 10.1. The highest BCUT2D eigenvalue weighted by Crippen LogP contribution is 2.12. The molecule has 2 rings (SSSR count). The third-order valence-corrected chi connectivity index (χ3v) is 3.77. The molecular weight excluding hydrogens is 242 g/mol. The quantitative estimate of drug-likeness (QED) is 0.833. The van der Waals surface area contributed by atoms with E-state index in [0.717, 1.165) is 19.4 Å². The van der Waals surface area contributed by atoms with Gasteiger partial charge in [0.2, 0.25) is 0 Å². The number of aromatic hydroxyl groups is 1. The number of nitrogens with one attached hydrogen (secondary N) is 1. The summed E-state index contributed by atoms with van der Waals surface area (Å²) in [5.41, 5.74) is 2.63. The summed E-state index contributed by atoms with van der Waals surface area (Å²) in [7, 11) is 0. The molecule has 96 valence electrons. The second kappa shape index (κ2) is 6.57. The molecular formula is C15H19NOS. The van der Waals surface area contributed by atoms with E-state index < -0.39 is 0 Å². The fraction of sp³-hybridized carbons (Fsp3) is 0.333. The molecule has 0 saturated heterocycles. The second-order valence-electron chi connectivity index (χ2n) is 4.62. The largest absolute Gasteiger partial charge is 0.508 e. The molecule has 1 aromatic heterocycles. The molecule has 0 aliphatic heterocycles. The summed E-state index contributed by atoms with van der Waals surface area (Å²) in [4.78, 5) is 0. The lowest BCUT2D eigenvalue weighted by Gasteiger charge is -2.13. The fourth-order valence-corrected chi connectivity index (χ4v) is 2.50. The van der Waals surface area contributed by atoms with Crippen molar-refractivity contribution in [1.29, 1.82) is 0 Å². The van der Waals surface area contributed by atoms with Crippen molar-refractivity contribution in [1.82, 2.24) is 5.32 Å². The molecule has 0 amide bonds. The molecule has 18 heavy (non-hydrogen) atoms. The SMILES string of the molecule is CC(CCc1ccc(O)cc1)NCc1ccsc1. The first-order valence-electron chi connectivity index (χ1n) is 6.26. The van der Waals surface area contributed by atoms with Gasteiger partial charge in [0.25, 0.3) is 0 Å². The standard InChI is InChI=1S/C15H19NOS/c1-12(16-10-14-8-9-18-11-14)2-3-13-4-6-15(17)7-5-13/h4-9,11-12,16-17H,2-3,10H2,1H3. The molecule has 2 aromatic rings. The van der Waals surface area contributed by atoms with Crippen molar-refractivity contribution in [2.75, 3.05) is 0 Å². The predicted octanol–water partition coefficient (Wildman–Crippen LogP) is 3.56. The highest BCUT2D eigenvalue weighted by atomic mass is 32.1. The zero-order chi connectivity index (χ0) is 12.8. The van der Waals surface area contributed by atoms with Crippen LogP contribution in [-0.2, 0) is 13.0 Å². The van der Waals surface area contributed by atoms with E-state index >= 15 is 0 Å². The third-order valence-electron chi connectivity index (χ3n) is 3.04. The summed E-state index contributed by atoms with van der Waals surface area (Å²) < 4.78 is 0. The second-order valence-corrected chi connectivity index (χ2v) is 5.40. The maximum Gasteiger partial charge on any atom is 0.115 e. The van der Waals surface area contributed by atoms with Gasteiger partial charge < -0.3 is 10.4 Å². The van der Waals surface area contributed by atoms with Crippen LogP contribution < -0.4 is 5.32 Å². The van der Waals surface area contributed by atoms with Crippen molar-refractivity contribution < 1.29 is 5.11 Å². The number of aryl methyl sites for hydroxylation is 1. The molecule has 0 spiro atoms. The van der Waals surface area contributed by atoms with E-state index in [2.05, 4.69) is 29.1 Å². The Balaban J connectivity index is 1.71. The Morgan fingerprint density at radius 2 is 1.94 bits per heavy atom. The van der Waals surface area contributed by atoms with Crippen LogP contribution in [0.2, 0.25) is 0 Å². The van der Waals surface area contributed by atoms with Gasteiger partial charge in [-0.25, -0.2) is 0 Å². The van der Waals surface area contributed by atoms with E-state index in [9.17, 15) is 5.11 Å². The van der Waals surface area contributed by atoms with Crippen LogP contribution in [0.3, 0.4) is 0 Å². The summed E-state index contributed by atoms with van der Waals surface area (Å²) in [6.45, 7) is 3.16. The molecule has 0 saturated carbocycles. The maximum absolute atomic E-state index is 9.21. The highest BCUT2D eigenvalue weighted by molar-refractivity contribution is 7.07. The summed E-state index contributed by atoms with van der Waals surface area (Å²) in [6.07, 6.45) is 2.15. The molecule has 0 radical (unpaired) electrons. The van der Waals surface area contributed by atoms with Gasteiger partial charge in [0.1, 0.15) is 5.75 Å². The minimum Gasteiger partial charge on any atom is -0.508 e. The van der Waals surface area contributed by atoms with Gasteiger partial charge in [-0.1, -0.05) is 12.1 Å². The molecule has 2 nitrogen and oxygen atoms in total. The van der Waals surface area contributed by atoms with Crippen LogP contribution in [0.5, 0.6) is 5.75 Å². The van der Waals surface area contributed by atoms with Gasteiger partial charge in [0.05, 0.1) is 0 Å². The Morgan fingerprint density at radius 1 is 1.17 bits per heavy atom. The number of phenolic OH excluding ortho intramolecular Hbond substituents is 1. The Bertz CT molecular complexity index is 450. The monoisotopic (exact) mass is 261 g/mol. The lowest BCUT2D eigenvalue weighted by molar-refractivity contribution is 0.474. The Morgan fingerprint density at radius 3 is 2.61 bits per heavy atom. The van der Waals surface area contributed by atoms with Crippen molar-refractivity contribution in [3.05, 3.63) is 52.2 Å². The van der Waals surface area contributed by atoms with Gasteiger partial charge in [-0.15, -0.1) is 0 Å². The van der Waals surface area contributed by atoms with Crippen LogP contribution in [0, 0.1) is 0 Å². The van der Waals surface area contributed by atoms with E-state index in [4.69, 9.17) is 0 Å². The number of hydrogen-bond donors (Lipinski definition) is 2. The highest BCUT2D eigenvalue weighted by Gasteiger charge is 2.03. The van der Waals surface area contributed by atoms with E-state index in [1.165, 1.54) is 11.1 Å². The molecule has 2 N–H and O–H groups in total. The zero-order valence-electron chi connectivity index (χ0n) is 10.6. The van der Waals surface area contributed by atoms with Gasteiger partial charge in [-0.3, -0.25) is 0 Å². The van der Waals surface area contributed by atoms with E-state index in [0.29, 0.717) is 11.8 Å². The zero-order valence-corrected chi connectivity index (χ0v) is 11.4. The van der Waals surface area contributed by atoms with Crippen LogP contribution in [-0.4, -0.2) is 11.1 Å². The number of rotatable bonds is 6. The first kappa shape index (κ1) is 13.1. The molecule has 0 bridgehead atoms.